The van der Waals surface area contributed by atoms with Gasteiger partial charge < -0.3 is 32.3 Å². The number of benzene rings is 4. The molecule has 0 unspecified atom stereocenters. The molecule has 0 saturated carbocycles. The molecule has 7 aromatic rings. The van der Waals surface area contributed by atoms with E-state index < -0.39 is 9.85 Å². The molecule has 5 heterocycles. The summed E-state index contributed by atoms with van der Waals surface area (Å²) in [6.07, 6.45) is 6.51. The van der Waals surface area contributed by atoms with Crippen LogP contribution in [-0.2, 0) is 13.1 Å². The Hall–Kier alpha value is -7.38. The van der Waals surface area contributed by atoms with Crippen molar-refractivity contribution in [1.82, 2.24) is 24.3 Å². The zero-order valence-corrected chi connectivity index (χ0v) is 38.6. The molecule has 2 fully saturated rings. The number of ether oxygens (including phenoxy) is 4. The largest absolute Gasteiger partial charge is 0.493 e. The SMILES string of the molecule is CCOc1cc(CN2CCC(N(c3nc4c([N+](=O)[O-])cccc4o3)N(c3nc4c([N+](=O)[O-])cccc4o3)C3CCN(Cc4cc(OCC)c(-n5cccc5)c(OCC)c4)CC3)CC2)ccc1OC. The number of likely N-dealkylation sites (tertiary alicyclic amines) is 2. The van der Waals surface area contributed by atoms with Crippen molar-refractivity contribution in [3.63, 3.8) is 0 Å². The minimum Gasteiger partial charge on any atom is -0.493 e. The molecule has 9 rings (SSSR count). The number of piperidine rings is 2. The molecule has 19 heteroatoms. The first-order valence-electron chi connectivity index (χ1n) is 23.1. The van der Waals surface area contributed by atoms with E-state index in [9.17, 15) is 20.2 Å². The molecule has 3 aromatic heterocycles. The van der Waals surface area contributed by atoms with Crippen LogP contribution in [0.4, 0.5) is 23.4 Å². The molecule has 356 valence electrons. The van der Waals surface area contributed by atoms with Crippen LogP contribution in [0.1, 0.15) is 57.6 Å². The van der Waals surface area contributed by atoms with E-state index in [4.69, 9.17) is 37.7 Å². The first kappa shape index (κ1) is 45.8. The van der Waals surface area contributed by atoms with Gasteiger partial charge in [-0.2, -0.15) is 9.97 Å². The summed E-state index contributed by atoms with van der Waals surface area (Å²) in [5, 5.41) is 28.5. The van der Waals surface area contributed by atoms with Crippen LogP contribution in [0.2, 0.25) is 0 Å². The lowest BCUT2D eigenvalue weighted by molar-refractivity contribution is -0.383. The Balaban J connectivity index is 1.06. The van der Waals surface area contributed by atoms with Crippen LogP contribution in [0.5, 0.6) is 23.0 Å². The first-order chi connectivity index (χ1) is 33.2. The second-order valence-corrected chi connectivity index (χ2v) is 16.8. The number of nitrogens with zero attached hydrogens (tertiary/aromatic N) is 9. The Bertz CT molecular complexity index is 2840. The number of hydrogen-bond acceptors (Lipinski definition) is 16. The van der Waals surface area contributed by atoms with Crippen molar-refractivity contribution in [2.45, 2.75) is 71.6 Å². The Morgan fingerprint density at radius 1 is 0.618 bits per heavy atom. The molecule has 2 aliphatic rings. The number of anilines is 2. The molecule has 0 N–H and O–H groups in total. The summed E-state index contributed by atoms with van der Waals surface area (Å²) in [5.41, 5.74) is 3.34. The van der Waals surface area contributed by atoms with E-state index in [1.807, 2.05) is 78.1 Å². The van der Waals surface area contributed by atoms with E-state index in [2.05, 4.69) is 21.9 Å². The zero-order valence-electron chi connectivity index (χ0n) is 38.6. The number of nitro groups is 2. The maximum atomic E-state index is 12.3. The van der Waals surface area contributed by atoms with Crippen LogP contribution in [0.15, 0.2) is 100 Å². The number of nitro benzene ring substituents is 2. The predicted molar refractivity (Wildman–Crippen MR) is 255 cm³/mol. The quantitative estimate of drug-likeness (QED) is 0.0549. The molecule has 2 saturated heterocycles. The van der Waals surface area contributed by atoms with Crippen molar-refractivity contribution in [3.8, 4) is 28.7 Å². The Morgan fingerprint density at radius 2 is 1.07 bits per heavy atom. The lowest BCUT2D eigenvalue weighted by Crippen LogP contribution is -2.59. The van der Waals surface area contributed by atoms with Crippen molar-refractivity contribution >= 4 is 45.6 Å². The number of methoxy groups -OCH3 is 1. The van der Waals surface area contributed by atoms with Gasteiger partial charge in [0.25, 0.3) is 11.4 Å². The van der Waals surface area contributed by atoms with E-state index in [0.29, 0.717) is 96.3 Å². The third kappa shape index (κ3) is 9.44. The molecule has 4 aromatic carbocycles. The summed E-state index contributed by atoms with van der Waals surface area (Å²) in [6, 6.07) is 23.1. The van der Waals surface area contributed by atoms with Gasteiger partial charge in [0.2, 0.25) is 0 Å². The predicted octanol–water partition coefficient (Wildman–Crippen LogP) is 9.34. The molecular formula is C49H55N9O10. The maximum Gasteiger partial charge on any atom is 0.318 e. The maximum absolute atomic E-state index is 12.3. The van der Waals surface area contributed by atoms with E-state index in [0.717, 1.165) is 28.3 Å². The van der Waals surface area contributed by atoms with Crippen molar-refractivity contribution in [3.05, 3.63) is 123 Å². The van der Waals surface area contributed by atoms with Crippen LogP contribution in [0, 0.1) is 20.2 Å². The number of hydrogen-bond donors (Lipinski definition) is 0. The molecule has 0 bridgehead atoms. The Labute approximate surface area is 392 Å². The number of non-ortho nitro benzene ring substituents is 2. The molecular weight excluding hydrogens is 875 g/mol. The van der Waals surface area contributed by atoms with Crippen LogP contribution < -0.4 is 29.0 Å². The average Bonchev–Trinajstić information content (AvgIpc) is 4.13. The molecule has 2 aliphatic heterocycles. The molecule has 0 spiro atoms. The Kier molecular flexibility index (Phi) is 13.6. The van der Waals surface area contributed by atoms with Gasteiger partial charge in [0, 0.05) is 63.8 Å². The molecule has 0 radical (unpaired) electrons. The lowest BCUT2D eigenvalue weighted by Gasteiger charge is -2.47. The van der Waals surface area contributed by atoms with Crippen LogP contribution in [0.25, 0.3) is 27.9 Å². The standard InChI is InChI=1S/C49H55N9O10/c1-5-64-42-28-33(16-17-39(42)63-4)31-52-24-18-35(19-25-52)55(48-50-45-37(57(59)60)12-10-14-40(45)67-48)56(49-51-46-38(58(61)62)13-11-15-41(46)68-49)36-20-26-53(27-21-36)32-34-29-43(65-6-2)47(44(30-34)66-7-3)54-22-8-9-23-54/h8-17,22-23,28-30,35-36H,5-7,18-21,24-27,31-32H2,1-4H3. The van der Waals surface area contributed by atoms with E-state index in [-0.39, 0.29) is 57.7 Å². The number of hydrazine groups is 1. The van der Waals surface area contributed by atoms with Crippen molar-refractivity contribution in [2.75, 3.05) is 63.1 Å². The van der Waals surface area contributed by atoms with Gasteiger partial charge in [-0.05, 0) is 106 Å². The van der Waals surface area contributed by atoms with Crippen molar-refractivity contribution in [2.24, 2.45) is 0 Å². The van der Waals surface area contributed by atoms with Gasteiger partial charge in [-0.25, -0.2) is 10.0 Å². The molecule has 68 heavy (non-hydrogen) atoms. The van der Waals surface area contributed by atoms with E-state index in [1.54, 1.807) is 31.4 Å². The van der Waals surface area contributed by atoms with Crippen LogP contribution >= 0.6 is 0 Å². The summed E-state index contributed by atoms with van der Waals surface area (Å²) < 4.78 is 38.8. The molecule has 0 amide bonds. The minimum absolute atomic E-state index is 0.113. The molecule has 0 aliphatic carbocycles. The highest BCUT2D eigenvalue weighted by Crippen LogP contribution is 2.40. The van der Waals surface area contributed by atoms with Gasteiger partial charge in [-0.15, -0.1) is 0 Å². The van der Waals surface area contributed by atoms with Gasteiger partial charge in [0.1, 0.15) is 17.2 Å². The summed E-state index contributed by atoms with van der Waals surface area (Å²) >= 11 is 0. The fourth-order valence-corrected chi connectivity index (χ4v) is 9.43. The van der Waals surface area contributed by atoms with Gasteiger partial charge >= 0.3 is 12.0 Å². The molecule has 0 atom stereocenters. The van der Waals surface area contributed by atoms with Gasteiger partial charge in [0.05, 0.1) is 48.9 Å². The first-order valence-corrected chi connectivity index (χ1v) is 23.1. The monoisotopic (exact) mass is 929 g/mol. The van der Waals surface area contributed by atoms with Crippen molar-refractivity contribution in [1.29, 1.82) is 0 Å². The van der Waals surface area contributed by atoms with E-state index in [1.165, 1.54) is 12.1 Å². The van der Waals surface area contributed by atoms with Gasteiger partial charge in [0.15, 0.2) is 33.7 Å². The fraction of sp³-hybridized carbons (Fsp3) is 0.388. The average molecular weight is 930 g/mol. The minimum atomic E-state index is -0.469. The number of rotatable bonds is 19. The van der Waals surface area contributed by atoms with Gasteiger partial charge in [-0.1, -0.05) is 18.2 Å². The Morgan fingerprint density at radius 3 is 1.53 bits per heavy atom. The van der Waals surface area contributed by atoms with Gasteiger partial charge in [-0.3, -0.25) is 30.0 Å². The summed E-state index contributed by atoms with van der Waals surface area (Å²) in [4.78, 5) is 38.1. The highest BCUT2D eigenvalue weighted by Gasteiger charge is 2.40. The summed E-state index contributed by atoms with van der Waals surface area (Å²) in [5.74, 6) is 2.83. The number of aromatic nitrogens is 3. The van der Waals surface area contributed by atoms with E-state index >= 15 is 0 Å². The normalized spacial score (nSPS) is 15.2. The number of oxazole rings is 2. The topological polar surface area (TPSA) is 193 Å². The molecule has 19 nitrogen and oxygen atoms in total. The highest BCUT2D eigenvalue weighted by atomic mass is 16.6. The lowest BCUT2D eigenvalue weighted by atomic mass is 10.0. The zero-order chi connectivity index (χ0) is 47.3. The van der Waals surface area contributed by atoms with Crippen LogP contribution in [0.3, 0.4) is 0 Å². The summed E-state index contributed by atoms with van der Waals surface area (Å²) in [7, 11) is 1.63. The van der Waals surface area contributed by atoms with Crippen LogP contribution in [-0.4, -0.2) is 99.4 Å². The number of fused-ring (bicyclic) bond motifs is 2. The summed E-state index contributed by atoms with van der Waals surface area (Å²) in [6.45, 7) is 11.4. The second-order valence-electron chi connectivity index (χ2n) is 16.8. The third-order valence-electron chi connectivity index (χ3n) is 12.5. The van der Waals surface area contributed by atoms with Crippen molar-refractivity contribution < 1.29 is 37.6 Å². The smallest absolute Gasteiger partial charge is 0.318 e. The fourth-order valence-electron chi connectivity index (χ4n) is 9.43. The number of para-hydroxylation sites is 2. The highest BCUT2D eigenvalue weighted by molar-refractivity contribution is 5.85. The third-order valence-corrected chi connectivity index (χ3v) is 12.5. The second kappa shape index (κ2) is 20.2.